The van der Waals surface area contributed by atoms with E-state index in [9.17, 15) is 13.2 Å². The van der Waals surface area contributed by atoms with E-state index in [1.807, 2.05) is 38.9 Å². The van der Waals surface area contributed by atoms with Crippen molar-refractivity contribution in [1.29, 1.82) is 0 Å². The molecule has 1 aromatic heterocycles. The molecule has 0 saturated heterocycles. The van der Waals surface area contributed by atoms with Crippen LogP contribution in [0.4, 0.5) is 10.8 Å². The van der Waals surface area contributed by atoms with Crippen LogP contribution in [0.2, 0.25) is 0 Å². The Hall–Kier alpha value is -3.18. The zero-order chi connectivity index (χ0) is 26.7. The molecule has 11 heteroatoms. The van der Waals surface area contributed by atoms with Gasteiger partial charge in [-0.2, -0.15) is 0 Å². The van der Waals surface area contributed by atoms with Gasteiger partial charge >= 0.3 is 0 Å². The molecule has 4 rings (SSSR count). The number of aryl methyl sites for hydroxylation is 2. The molecule has 0 aliphatic rings. The average Bonchev–Trinajstić information content (AvgIpc) is 3.26. The highest BCUT2D eigenvalue weighted by Gasteiger charge is 2.25. The summed E-state index contributed by atoms with van der Waals surface area (Å²) >= 11 is 1.45. The van der Waals surface area contributed by atoms with Crippen LogP contribution in [0.25, 0.3) is 10.2 Å². The summed E-state index contributed by atoms with van der Waals surface area (Å²) in [4.78, 5) is 22.4. The van der Waals surface area contributed by atoms with Crippen molar-refractivity contribution >= 4 is 60.7 Å². The topological polar surface area (TPSA) is 91.8 Å². The Morgan fingerprint density at radius 2 is 1.66 bits per heavy atom. The number of benzene rings is 3. The molecule has 1 amide bonds. The lowest BCUT2D eigenvalue weighted by Crippen LogP contribution is -2.37. The molecule has 0 radical (unpaired) electrons. The number of nitrogens with one attached hydrogen (secondary N) is 1. The minimum absolute atomic E-state index is 0. The SMILES string of the molecule is COc1ccc(S(=O)(=O)Nc2ccccc2C(=O)N(CCN(C)C)c2nc3cc(C)c(C)cc3s2)cc1.Cl. The van der Waals surface area contributed by atoms with E-state index in [1.165, 1.54) is 30.6 Å². The highest BCUT2D eigenvalue weighted by molar-refractivity contribution is 7.92. The third-order valence-corrected chi connectivity index (χ3v) is 8.43. The van der Waals surface area contributed by atoms with Crippen molar-refractivity contribution in [2.75, 3.05) is 43.9 Å². The zero-order valence-corrected chi connectivity index (χ0v) is 24.3. The van der Waals surface area contributed by atoms with E-state index in [2.05, 4.69) is 10.8 Å². The van der Waals surface area contributed by atoms with Crippen molar-refractivity contribution in [3.63, 3.8) is 0 Å². The molecule has 0 bridgehead atoms. The number of rotatable bonds is 9. The molecule has 0 saturated carbocycles. The highest BCUT2D eigenvalue weighted by atomic mass is 35.5. The van der Waals surface area contributed by atoms with Crippen LogP contribution in [0.15, 0.2) is 65.6 Å². The van der Waals surface area contributed by atoms with Gasteiger partial charge in [0.2, 0.25) is 0 Å². The molecule has 0 fully saturated rings. The van der Waals surface area contributed by atoms with Gasteiger partial charge in [-0.15, -0.1) is 12.4 Å². The number of aromatic nitrogens is 1. The second-order valence-corrected chi connectivity index (χ2v) is 11.7. The number of carbonyl (C=O) groups excluding carboxylic acids is 1. The number of halogens is 1. The van der Waals surface area contributed by atoms with E-state index in [0.29, 0.717) is 24.0 Å². The summed E-state index contributed by atoms with van der Waals surface area (Å²) in [7, 11) is 1.45. The lowest BCUT2D eigenvalue weighted by atomic mass is 10.1. The number of hydrogen-bond acceptors (Lipinski definition) is 7. The van der Waals surface area contributed by atoms with Gasteiger partial charge in [0, 0.05) is 13.1 Å². The van der Waals surface area contributed by atoms with Crippen LogP contribution in [0.5, 0.6) is 5.75 Å². The largest absolute Gasteiger partial charge is 0.497 e. The Labute approximate surface area is 233 Å². The van der Waals surface area contributed by atoms with Gasteiger partial charge in [0.15, 0.2) is 5.13 Å². The average molecular weight is 575 g/mol. The molecule has 0 aliphatic heterocycles. The van der Waals surface area contributed by atoms with Crippen LogP contribution in [-0.2, 0) is 10.0 Å². The molecule has 0 aliphatic carbocycles. The maximum absolute atomic E-state index is 13.9. The van der Waals surface area contributed by atoms with Crippen molar-refractivity contribution in [1.82, 2.24) is 9.88 Å². The number of hydrogen-bond donors (Lipinski definition) is 1. The molecule has 8 nitrogen and oxygen atoms in total. The second kappa shape index (κ2) is 12.1. The number of methoxy groups -OCH3 is 1. The predicted octanol–water partition coefficient (Wildman–Crippen LogP) is 5.35. The van der Waals surface area contributed by atoms with Crippen molar-refractivity contribution in [3.8, 4) is 5.75 Å². The maximum atomic E-state index is 13.9. The number of para-hydroxylation sites is 1. The van der Waals surface area contributed by atoms with Crippen molar-refractivity contribution in [2.24, 2.45) is 0 Å². The number of nitrogens with zero attached hydrogens (tertiary/aromatic N) is 3. The van der Waals surface area contributed by atoms with E-state index in [4.69, 9.17) is 9.72 Å². The lowest BCUT2D eigenvalue weighted by Gasteiger charge is -2.23. The number of carbonyl (C=O) groups is 1. The summed E-state index contributed by atoms with van der Waals surface area (Å²) in [5.41, 5.74) is 3.57. The summed E-state index contributed by atoms with van der Waals surface area (Å²) in [6.07, 6.45) is 0. The monoisotopic (exact) mass is 574 g/mol. The van der Waals surface area contributed by atoms with Gasteiger partial charge in [0.1, 0.15) is 5.75 Å². The molecule has 0 spiro atoms. The quantitative estimate of drug-likeness (QED) is 0.290. The van der Waals surface area contributed by atoms with E-state index >= 15 is 0 Å². The van der Waals surface area contributed by atoms with Crippen LogP contribution in [0, 0.1) is 13.8 Å². The van der Waals surface area contributed by atoms with E-state index in [1.54, 1.807) is 41.3 Å². The highest BCUT2D eigenvalue weighted by Crippen LogP contribution is 2.32. The van der Waals surface area contributed by atoms with Gasteiger partial charge in [-0.05, 0) is 87.6 Å². The van der Waals surface area contributed by atoms with Crippen molar-refractivity contribution < 1.29 is 17.9 Å². The fraction of sp³-hybridized carbons (Fsp3) is 0.259. The molecule has 4 aromatic rings. The number of sulfonamides is 1. The summed E-state index contributed by atoms with van der Waals surface area (Å²) in [5.74, 6) is 0.217. The minimum atomic E-state index is -3.94. The van der Waals surface area contributed by atoms with Crippen LogP contribution >= 0.6 is 23.7 Å². The Balaban J connectivity index is 0.00000400. The van der Waals surface area contributed by atoms with Gasteiger partial charge in [0.25, 0.3) is 15.9 Å². The standard InChI is InChI=1S/C27H30N4O4S2.ClH/c1-18-16-24-25(17-19(18)2)36-27(28-24)31(15-14-30(3)4)26(32)22-8-6-7-9-23(22)29-37(33,34)21-12-10-20(35-5)11-13-21;/h6-13,16-17,29H,14-15H2,1-5H3;1H. The van der Waals surface area contributed by atoms with Crippen LogP contribution < -0.4 is 14.4 Å². The second-order valence-electron chi connectivity index (χ2n) is 8.99. The van der Waals surface area contributed by atoms with Crippen molar-refractivity contribution in [3.05, 3.63) is 77.4 Å². The molecule has 0 atom stereocenters. The first-order valence-electron chi connectivity index (χ1n) is 11.7. The normalized spacial score (nSPS) is 11.3. The fourth-order valence-corrected chi connectivity index (χ4v) is 5.88. The Morgan fingerprint density at radius 1 is 1.00 bits per heavy atom. The van der Waals surface area contributed by atoms with Crippen molar-refractivity contribution in [2.45, 2.75) is 18.7 Å². The third-order valence-electron chi connectivity index (χ3n) is 6.01. The predicted molar refractivity (Wildman–Crippen MR) is 157 cm³/mol. The first-order valence-corrected chi connectivity index (χ1v) is 14.0. The summed E-state index contributed by atoms with van der Waals surface area (Å²) in [6.45, 7) is 5.09. The third kappa shape index (κ3) is 6.44. The van der Waals surface area contributed by atoms with Gasteiger partial charge in [-0.3, -0.25) is 14.4 Å². The van der Waals surface area contributed by atoms with E-state index in [-0.39, 0.29) is 34.5 Å². The summed E-state index contributed by atoms with van der Waals surface area (Å²) < 4.78 is 34.9. The first kappa shape index (κ1) is 29.4. The van der Waals surface area contributed by atoms with Crippen LogP contribution in [-0.4, -0.2) is 58.5 Å². The Kier molecular flexibility index (Phi) is 9.37. The molecule has 1 N–H and O–H groups in total. The summed E-state index contributed by atoms with van der Waals surface area (Å²) in [6, 6.07) is 16.8. The van der Waals surface area contributed by atoms with E-state index in [0.717, 1.165) is 21.3 Å². The van der Waals surface area contributed by atoms with Crippen LogP contribution in [0.3, 0.4) is 0 Å². The Morgan fingerprint density at radius 3 is 2.32 bits per heavy atom. The number of amides is 1. The molecule has 38 heavy (non-hydrogen) atoms. The van der Waals surface area contributed by atoms with Gasteiger partial charge in [-0.1, -0.05) is 23.5 Å². The molecule has 3 aromatic carbocycles. The maximum Gasteiger partial charge on any atom is 0.262 e. The molecule has 202 valence electrons. The molecular formula is C27H31ClN4O4S2. The first-order chi connectivity index (χ1) is 17.6. The fourth-order valence-electron chi connectivity index (χ4n) is 3.73. The molecular weight excluding hydrogens is 544 g/mol. The number of fused-ring (bicyclic) bond motifs is 1. The number of ether oxygens (including phenoxy) is 1. The Bertz CT molecular complexity index is 1500. The van der Waals surface area contributed by atoms with Gasteiger partial charge < -0.3 is 9.64 Å². The van der Waals surface area contributed by atoms with Gasteiger partial charge in [0.05, 0.1) is 33.5 Å². The van der Waals surface area contributed by atoms with Crippen LogP contribution in [0.1, 0.15) is 21.5 Å². The smallest absolute Gasteiger partial charge is 0.262 e. The lowest BCUT2D eigenvalue weighted by molar-refractivity contribution is 0.0986. The molecule has 1 heterocycles. The van der Waals surface area contributed by atoms with E-state index < -0.39 is 10.0 Å². The zero-order valence-electron chi connectivity index (χ0n) is 21.9. The number of anilines is 2. The molecule has 0 unspecified atom stereocenters. The van der Waals surface area contributed by atoms with Gasteiger partial charge in [-0.25, -0.2) is 13.4 Å². The summed E-state index contributed by atoms with van der Waals surface area (Å²) in [5, 5.41) is 0.569. The number of likely N-dealkylation sites (N-methyl/N-ethyl adjacent to an activating group) is 1. The minimum Gasteiger partial charge on any atom is -0.497 e. The number of thiazole rings is 1.